The van der Waals surface area contributed by atoms with Crippen LogP contribution in [0.2, 0.25) is 0 Å². The Morgan fingerprint density at radius 2 is 2.00 bits per heavy atom. The molecular formula is C18H22N4O7. The van der Waals surface area contributed by atoms with E-state index < -0.39 is 40.7 Å². The third-order valence-electron chi connectivity index (χ3n) is 4.54. The molecule has 1 heterocycles. The van der Waals surface area contributed by atoms with Crippen LogP contribution < -0.4 is 16.4 Å². The van der Waals surface area contributed by atoms with Crippen molar-refractivity contribution in [2.75, 3.05) is 6.61 Å². The van der Waals surface area contributed by atoms with Crippen LogP contribution >= 0.6 is 0 Å². The predicted molar refractivity (Wildman–Crippen MR) is 99.4 cm³/mol. The second kappa shape index (κ2) is 9.62. The normalized spacial score (nSPS) is 17.7. The molecule has 0 unspecified atom stereocenters. The zero-order valence-electron chi connectivity index (χ0n) is 15.8. The van der Waals surface area contributed by atoms with Crippen molar-refractivity contribution in [3.05, 3.63) is 39.9 Å². The van der Waals surface area contributed by atoms with Crippen LogP contribution in [0.1, 0.15) is 37.7 Å². The summed E-state index contributed by atoms with van der Waals surface area (Å²) in [5.41, 5.74) is 5.70. The number of carbonyl (C=O) groups is 4. The highest BCUT2D eigenvalue weighted by Crippen LogP contribution is 2.27. The predicted octanol–water partition coefficient (Wildman–Crippen LogP) is -0.120. The van der Waals surface area contributed by atoms with Crippen molar-refractivity contribution >= 4 is 29.4 Å². The molecule has 1 aromatic carbocycles. The second-order valence-corrected chi connectivity index (χ2v) is 6.51. The van der Waals surface area contributed by atoms with Gasteiger partial charge < -0.3 is 21.1 Å². The van der Waals surface area contributed by atoms with Gasteiger partial charge in [-0.1, -0.05) is 12.1 Å². The number of benzene rings is 1. The van der Waals surface area contributed by atoms with E-state index in [1.54, 1.807) is 6.92 Å². The average molecular weight is 406 g/mol. The molecule has 1 aliphatic heterocycles. The maximum atomic E-state index is 12.5. The van der Waals surface area contributed by atoms with Crippen molar-refractivity contribution in [3.8, 4) is 0 Å². The molecule has 11 heteroatoms. The van der Waals surface area contributed by atoms with Gasteiger partial charge >= 0.3 is 5.97 Å². The first kappa shape index (κ1) is 21.8. The number of primary amides is 1. The summed E-state index contributed by atoms with van der Waals surface area (Å²) in [6.07, 6.45) is 0.181. The number of carbonyl (C=O) groups excluding carboxylic acids is 4. The van der Waals surface area contributed by atoms with Gasteiger partial charge in [-0.15, -0.1) is 0 Å². The number of amides is 3. The summed E-state index contributed by atoms with van der Waals surface area (Å²) in [7, 11) is 0. The fourth-order valence-corrected chi connectivity index (χ4v) is 3.11. The Kier molecular flexibility index (Phi) is 7.23. The Morgan fingerprint density at radius 3 is 2.48 bits per heavy atom. The summed E-state index contributed by atoms with van der Waals surface area (Å²) in [5.74, 6) is -3.30. The summed E-state index contributed by atoms with van der Waals surface area (Å²) in [6.45, 7) is 1.74. The minimum Gasteiger partial charge on any atom is -0.466 e. The summed E-state index contributed by atoms with van der Waals surface area (Å²) in [5, 5.41) is 15.9. The number of nitrogens with two attached hydrogens (primary N) is 1. The molecule has 4 N–H and O–H groups in total. The van der Waals surface area contributed by atoms with Gasteiger partial charge in [-0.05, 0) is 18.9 Å². The third kappa shape index (κ3) is 5.74. The molecule has 3 atom stereocenters. The van der Waals surface area contributed by atoms with Gasteiger partial charge in [-0.2, -0.15) is 0 Å². The topological polar surface area (TPSA) is 171 Å². The average Bonchev–Trinajstić information content (AvgIpc) is 3.11. The Hall–Kier alpha value is -3.50. The van der Waals surface area contributed by atoms with Gasteiger partial charge in [0.05, 0.1) is 18.0 Å². The van der Waals surface area contributed by atoms with Gasteiger partial charge in [-0.3, -0.25) is 29.3 Å². The molecular weight excluding hydrogens is 384 g/mol. The molecule has 0 saturated carbocycles. The summed E-state index contributed by atoms with van der Waals surface area (Å²) >= 11 is 0. The first-order valence-electron chi connectivity index (χ1n) is 9.02. The number of rotatable bonds is 9. The number of nitro benzene ring substituents is 1. The molecule has 29 heavy (non-hydrogen) atoms. The van der Waals surface area contributed by atoms with Crippen molar-refractivity contribution in [1.82, 2.24) is 10.6 Å². The van der Waals surface area contributed by atoms with E-state index in [2.05, 4.69) is 10.6 Å². The van der Waals surface area contributed by atoms with E-state index in [9.17, 15) is 29.3 Å². The van der Waals surface area contributed by atoms with Gasteiger partial charge in [0.2, 0.25) is 17.7 Å². The Balaban J connectivity index is 2.30. The van der Waals surface area contributed by atoms with Gasteiger partial charge in [0.25, 0.3) is 5.69 Å². The number of esters is 1. The molecule has 0 radical (unpaired) electrons. The van der Waals surface area contributed by atoms with E-state index in [1.165, 1.54) is 24.3 Å². The van der Waals surface area contributed by atoms with Crippen LogP contribution in [0.4, 0.5) is 5.69 Å². The minimum atomic E-state index is -1.29. The lowest BCUT2D eigenvalue weighted by atomic mass is 9.87. The van der Waals surface area contributed by atoms with Gasteiger partial charge in [0.15, 0.2) is 0 Å². The lowest BCUT2D eigenvalue weighted by Gasteiger charge is -2.26. The number of nitro groups is 1. The first-order valence-corrected chi connectivity index (χ1v) is 9.02. The largest absolute Gasteiger partial charge is 0.466 e. The van der Waals surface area contributed by atoms with Crippen LogP contribution in [-0.2, 0) is 23.9 Å². The molecule has 1 saturated heterocycles. The van der Waals surface area contributed by atoms with E-state index in [0.717, 1.165) is 0 Å². The highest BCUT2D eigenvalue weighted by molar-refractivity contribution is 5.94. The molecule has 0 bridgehead atoms. The molecule has 1 aromatic rings. The van der Waals surface area contributed by atoms with E-state index in [0.29, 0.717) is 5.56 Å². The molecule has 1 fully saturated rings. The van der Waals surface area contributed by atoms with E-state index in [4.69, 9.17) is 10.5 Å². The van der Waals surface area contributed by atoms with Crippen LogP contribution in [0.5, 0.6) is 0 Å². The zero-order valence-corrected chi connectivity index (χ0v) is 15.8. The number of hydrogen-bond acceptors (Lipinski definition) is 7. The Bertz CT molecular complexity index is 809. The van der Waals surface area contributed by atoms with Crippen molar-refractivity contribution in [3.63, 3.8) is 0 Å². The molecule has 156 valence electrons. The van der Waals surface area contributed by atoms with Crippen molar-refractivity contribution in [2.24, 2.45) is 5.73 Å². The molecule has 11 nitrogen and oxygen atoms in total. The van der Waals surface area contributed by atoms with Crippen LogP contribution in [0, 0.1) is 10.1 Å². The lowest BCUT2D eigenvalue weighted by molar-refractivity contribution is -0.384. The van der Waals surface area contributed by atoms with Crippen LogP contribution in [-0.4, -0.2) is 47.3 Å². The summed E-state index contributed by atoms with van der Waals surface area (Å²) in [6, 6.07) is 3.15. The molecule has 0 spiro atoms. The van der Waals surface area contributed by atoms with Gasteiger partial charge in [0, 0.05) is 24.5 Å². The van der Waals surface area contributed by atoms with E-state index in [-0.39, 0.29) is 37.5 Å². The van der Waals surface area contributed by atoms with E-state index >= 15 is 0 Å². The standard InChI is InChI=1S/C18H22N4O7/c1-2-29-15(24)9-12(10-3-5-11(6-4-10)22(27)28)16(17(19)25)21-18(26)13-7-8-14(23)20-13/h3-6,12-13,16H,2,7-9H2,1H3,(H2,19,25)(H,20,23)(H,21,26)/t12-,13-,16+/m0/s1. The fraction of sp³-hybridized carbons (Fsp3) is 0.444. The van der Waals surface area contributed by atoms with E-state index in [1.807, 2.05) is 0 Å². The molecule has 3 amide bonds. The maximum Gasteiger partial charge on any atom is 0.306 e. The second-order valence-electron chi connectivity index (χ2n) is 6.51. The summed E-state index contributed by atoms with van der Waals surface area (Å²) < 4.78 is 4.94. The molecule has 0 aromatic heterocycles. The monoisotopic (exact) mass is 406 g/mol. The maximum absolute atomic E-state index is 12.5. The van der Waals surface area contributed by atoms with Crippen molar-refractivity contribution in [2.45, 2.75) is 44.2 Å². The van der Waals surface area contributed by atoms with Crippen molar-refractivity contribution < 1.29 is 28.8 Å². The molecule has 2 rings (SSSR count). The number of nitrogens with one attached hydrogen (secondary N) is 2. The van der Waals surface area contributed by atoms with Crippen molar-refractivity contribution in [1.29, 1.82) is 0 Å². The highest BCUT2D eigenvalue weighted by atomic mass is 16.6. The fourth-order valence-electron chi connectivity index (χ4n) is 3.11. The Labute approximate surface area is 166 Å². The smallest absolute Gasteiger partial charge is 0.306 e. The third-order valence-corrected chi connectivity index (χ3v) is 4.54. The van der Waals surface area contributed by atoms with Crippen LogP contribution in [0.3, 0.4) is 0 Å². The zero-order chi connectivity index (χ0) is 21.6. The number of ether oxygens (including phenoxy) is 1. The van der Waals surface area contributed by atoms with Gasteiger partial charge in [0.1, 0.15) is 12.1 Å². The van der Waals surface area contributed by atoms with Crippen LogP contribution in [0.15, 0.2) is 24.3 Å². The quantitative estimate of drug-likeness (QED) is 0.291. The minimum absolute atomic E-state index is 0.119. The number of non-ortho nitro benzene ring substituents is 1. The summed E-state index contributed by atoms with van der Waals surface area (Å²) in [4.78, 5) is 58.2. The lowest BCUT2D eigenvalue weighted by Crippen LogP contribution is -2.53. The molecule has 0 aliphatic carbocycles. The van der Waals surface area contributed by atoms with Gasteiger partial charge in [-0.25, -0.2) is 0 Å². The SMILES string of the molecule is CCOC(=O)C[C@@H](c1ccc([N+](=O)[O-])cc1)[C@@H](NC(=O)[C@@H]1CCC(=O)N1)C(N)=O. The molecule has 1 aliphatic rings. The highest BCUT2D eigenvalue weighted by Gasteiger charge is 2.35. The van der Waals surface area contributed by atoms with Crippen LogP contribution in [0.25, 0.3) is 0 Å². The Morgan fingerprint density at radius 1 is 1.34 bits per heavy atom. The first-order chi connectivity index (χ1) is 13.7. The number of hydrogen-bond donors (Lipinski definition) is 3. The number of nitrogens with zero attached hydrogens (tertiary/aromatic N) is 1.